The van der Waals surface area contributed by atoms with Crippen molar-refractivity contribution in [2.75, 3.05) is 12.0 Å². The fourth-order valence-corrected chi connectivity index (χ4v) is 8.85. The van der Waals surface area contributed by atoms with Crippen molar-refractivity contribution in [2.45, 2.75) is 117 Å². The number of hydrogen-bond donors (Lipinski definition) is 3. The Kier molecular flexibility index (Phi) is 9.91. The van der Waals surface area contributed by atoms with Gasteiger partial charge in [-0.1, -0.05) is 66.7 Å². The van der Waals surface area contributed by atoms with Gasteiger partial charge in [0.05, 0.1) is 6.04 Å². The Balaban J connectivity index is 1.52. The molecule has 0 aromatic carbocycles. The van der Waals surface area contributed by atoms with Gasteiger partial charge >= 0.3 is 6.03 Å². The predicted molar refractivity (Wildman–Crippen MR) is 166 cm³/mol. The Labute approximate surface area is 256 Å². The summed E-state index contributed by atoms with van der Waals surface area (Å²) in [6.07, 6.45) is 11.3. The van der Waals surface area contributed by atoms with Gasteiger partial charge in [-0.25, -0.2) is 4.79 Å². The van der Waals surface area contributed by atoms with Gasteiger partial charge in [-0.05, 0) is 72.7 Å². The van der Waals surface area contributed by atoms with E-state index in [2.05, 4.69) is 30.7 Å². The number of carbonyl (C=O) groups excluding carboxylic acids is 5. The van der Waals surface area contributed by atoms with Crippen LogP contribution in [0.3, 0.4) is 0 Å². The summed E-state index contributed by atoms with van der Waals surface area (Å²) in [5, 5.41) is 6.36. The summed E-state index contributed by atoms with van der Waals surface area (Å²) >= 11 is 1.78. The van der Waals surface area contributed by atoms with Gasteiger partial charge in [0.15, 0.2) is 5.78 Å². The molecule has 8 nitrogen and oxygen atoms in total. The number of rotatable bonds is 14. The summed E-state index contributed by atoms with van der Waals surface area (Å²) in [6, 6.07) is -1.07. The zero-order valence-corrected chi connectivity index (χ0v) is 27.4. The smallest absolute Gasteiger partial charge is 0.315 e. The molecule has 0 radical (unpaired) electrons. The minimum absolute atomic E-state index is 0.0436. The molecule has 0 spiro atoms. The van der Waals surface area contributed by atoms with Gasteiger partial charge in [-0.15, -0.1) is 0 Å². The zero-order chi connectivity index (χ0) is 31.0. The van der Waals surface area contributed by atoms with Crippen LogP contribution in [0, 0.1) is 46.3 Å². The number of thioether (sulfide) groups is 1. The van der Waals surface area contributed by atoms with E-state index in [4.69, 9.17) is 5.73 Å². The fourth-order valence-electron chi connectivity index (χ4n) is 8.26. The Hall–Kier alpha value is -1.90. The van der Waals surface area contributed by atoms with Crippen LogP contribution < -0.4 is 16.4 Å². The van der Waals surface area contributed by atoms with Crippen LogP contribution in [0.4, 0.5) is 4.79 Å². The monoisotopic (exact) mass is 603 g/mol. The van der Waals surface area contributed by atoms with Crippen molar-refractivity contribution >= 4 is 41.0 Å². The second kappa shape index (κ2) is 12.6. The molecular weight excluding hydrogens is 550 g/mol. The molecule has 236 valence electrons. The summed E-state index contributed by atoms with van der Waals surface area (Å²) in [7, 11) is 0. The van der Waals surface area contributed by atoms with Crippen molar-refractivity contribution in [3.05, 3.63) is 0 Å². The van der Waals surface area contributed by atoms with Crippen LogP contribution in [0.25, 0.3) is 0 Å². The van der Waals surface area contributed by atoms with Crippen LogP contribution in [-0.2, 0) is 19.2 Å². The molecule has 0 heterocycles. The van der Waals surface area contributed by atoms with E-state index in [0.717, 1.165) is 50.7 Å². The molecule has 4 saturated carbocycles. The van der Waals surface area contributed by atoms with Crippen molar-refractivity contribution in [2.24, 2.45) is 52.1 Å². The Morgan fingerprint density at radius 3 is 2.21 bits per heavy atom. The van der Waals surface area contributed by atoms with E-state index in [-0.39, 0.29) is 46.8 Å². The second-order valence-electron chi connectivity index (χ2n) is 15.5. The largest absolute Gasteiger partial charge is 0.363 e. The summed E-state index contributed by atoms with van der Waals surface area (Å²) in [4.78, 5) is 66.3. The molecule has 4 aliphatic carbocycles. The third-order valence-corrected chi connectivity index (χ3v) is 11.6. The molecule has 42 heavy (non-hydrogen) atoms. The molecule has 3 amide bonds. The van der Waals surface area contributed by atoms with Crippen LogP contribution >= 0.6 is 11.8 Å². The third-order valence-electron chi connectivity index (χ3n) is 11.0. The summed E-state index contributed by atoms with van der Waals surface area (Å²) in [6.45, 7) is 10.1. The van der Waals surface area contributed by atoms with Gasteiger partial charge in [-0.2, -0.15) is 11.8 Å². The van der Waals surface area contributed by atoms with E-state index in [9.17, 15) is 24.0 Å². The van der Waals surface area contributed by atoms with Gasteiger partial charge < -0.3 is 16.4 Å². The number of nitrogens with two attached hydrogens (primary N) is 1. The lowest BCUT2D eigenvalue weighted by atomic mass is 9.72. The summed E-state index contributed by atoms with van der Waals surface area (Å²) in [5.74, 6) is -1.98. The standard InChI is InChI=1S/C33H53N3O5S/c1-31(2,3)28(35-30(41)36-33(14-15-42-6)12-8-7-9-13-33)27(39)21-18-22-25(32(22,4)5)24(21)23(37)17-20(16-19-10-11-19)26(38)29(34)40/h19-22,24-25,28H,7-18H2,1-6H3,(H2,34,40)(H2,35,36,41)/t20?,21?,22?,24-,25+,28-/m1/s1. The molecule has 9 heteroatoms. The minimum Gasteiger partial charge on any atom is -0.363 e. The average Bonchev–Trinajstić information content (AvgIpc) is 3.76. The van der Waals surface area contributed by atoms with E-state index >= 15 is 0 Å². The van der Waals surface area contributed by atoms with Crippen molar-refractivity contribution in [1.29, 1.82) is 0 Å². The number of urea groups is 1. The molecule has 4 fully saturated rings. The molecule has 4 aliphatic rings. The van der Waals surface area contributed by atoms with E-state index in [1.165, 1.54) is 6.42 Å². The number of ketones is 3. The first-order valence-electron chi connectivity index (χ1n) is 16.1. The fraction of sp³-hybridized carbons (Fsp3) is 0.848. The highest BCUT2D eigenvalue weighted by Gasteiger charge is 2.70. The number of fused-ring (bicyclic) bond motifs is 1. The zero-order valence-electron chi connectivity index (χ0n) is 26.6. The van der Waals surface area contributed by atoms with Crippen molar-refractivity contribution in [3.8, 4) is 0 Å². The molecule has 0 aliphatic heterocycles. The maximum Gasteiger partial charge on any atom is 0.315 e. The highest BCUT2D eigenvalue weighted by Crippen LogP contribution is 2.71. The normalized spacial score (nSPS) is 29.1. The second-order valence-corrected chi connectivity index (χ2v) is 16.5. The van der Waals surface area contributed by atoms with Gasteiger partial charge in [0.2, 0.25) is 5.78 Å². The van der Waals surface area contributed by atoms with Crippen LogP contribution in [0.2, 0.25) is 0 Å². The SMILES string of the molecule is CSCCC1(NC(=O)N[C@H](C(=O)C2CC3[C@@H]([C@H]2C(=O)CC(CC2CC2)C(=O)C(N)=O)C3(C)C)C(C)(C)C)CCCCC1. The van der Waals surface area contributed by atoms with Crippen molar-refractivity contribution in [3.63, 3.8) is 0 Å². The topological polar surface area (TPSA) is 135 Å². The minimum atomic E-state index is -0.992. The van der Waals surface area contributed by atoms with Crippen LogP contribution in [-0.4, -0.2) is 52.9 Å². The van der Waals surface area contributed by atoms with Crippen LogP contribution in [0.1, 0.15) is 105 Å². The Morgan fingerprint density at radius 1 is 1.02 bits per heavy atom. The lowest BCUT2D eigenvalue weighted by Crippen LogP contribution is -2.59. The number of amides is 3. The Bertz CT molecular complexity index is 1070. The van der Waals surface area contributed by atoms with Gasteiger partial charge in [-0.3, -0.25) is 19.2 Å². The maximum atomic E-state index is 14.3. The number of carbonyl (C=O) groups is 5. The molecule has 0 bridgehead atoms. The number of nitrogens with one attached hydrogen (secondary N) is 2. The molecule has 4 N–H and O–H groups in total. The maximum absolute atomic E-state index is 14.3. The van der Waals surface area contributed by atoms with Gasteiger partial charge in [0.25, 0.3) is 5.91 Å². The predicted octanol–water partition coefficient (Wildman–Crippen LogP) is 5.06. The Morgan fingerprint density at radius 2 is 1.67 bits per heavy atom. The summed E-state index contributed by atoms with van der Waals surface area (Å²) < 4.78 is 0. The third kappa shape index (κ3) is 7.24. The van der Waals surface area contributed by atoms with E-state index in [0.29, 0.717) is 18.8 Å². The van der Waals surface area contributed by atoms with E-state index in [1.807, 2.05) is 20.8 Å². The number of primary amides is 1. The quantitative estimate of drug-likeness (QED) is 0.238. The van der Waals surface area contributed by atoms with Crippen LogP contribution in [0.15, 0.2) is 0 Å². The van der Waals surface area contributed by atoms with E-state index < -0.39 is 40.9 Å². The molecule has 0 aromatic heterocycles. The molecule has 0 saturated heterocycles. The molecule has 0 aromatic rings. The molecule has 4 rings (SSSR count). The first-order valence-corrected chi connectivity index (χ1v) is 17.5. The average molecular weight is 604 g/mol. The highest BCUT2D eigenvalue weighted by molar-refractivity contribution is 7.98. The van der Waals surface area contributed by atoms with Crippen molar-refractivity contribution < 1.29 is 24.0 Å². The van der Waals surface area contributed by atoms with Crippen LogP contribution in [0.5, 0.6) is 0 Å². The molecule has 3 unspecified atom stereocenters. The van der Waals surface area contributed by atoms with E-state index in [1.54, 1.807) is 11.8 Å². The summed E-state index contributed by atoms with van der Waals surface area (Å²) in [5.41, 5.74) is 4.49. The highest BCUT2D eigenvalue weighted by atomic mass is 32.2. The lowest BCUT2D eigenvalue weighted by Gasteiger charge is -2.40. The number of Topliss-reactive ketones (excluding diaryl/α,β-unsaturated/α-hetero) is 3. The molecular formula is C33H53N3O5S. The van der Waals surface area contributed by atoms with Crippen molar-refractivity contribution in [1.82, 2.24) is 10.6 Å². The van der Waals surface area contributed by atoms with Gasteiger partial charge in [0.1, 0.15) is 5.78 Å². The molecule has 6 atom stereocenters. The lowest BCUT2D eigenvalue weighted by molar-refractivity contribution is -0.141. The number of hydrogen-bond acceptors (Lipinski definition) is 6. The first-order chi connectivity index (χ1) is 19.6. The first kappa shape index (κ1) is 33.0. The van der Waals surface area contributed by atoms with Gasteiger partial charge in [0, 0.05) is 29.7 Å².